The quantitative estimate of drug-likeness (QED) is 0.505. The van der Waals surface area contributed by atoms with Crippen LogP contribution in [0.2, 0.25) is 0 Å². The number of allylic oxidation sites excluding steroid dienone is 1. The number of fused-ring (bicyclic) bond motifs is 1. The molecule has 5 rings (SSSR count). The first-order valence-electron chi connectivity index (χ1n) is 11.1. The van der Waals surface area contributed by atoms with Crippen LogP contribution in [-0.2, 0) is 11.8 Å². The minimum Gasteiger partial charge on any atom is -0.370 e. The van der Waals surface area contributed by atoms with Gasteiger partial charge in [0.05, 0.1) is 34.5 Å². The second-order valence-electron chi connectivity index (χ2n) is 9.07. The van der Waals surface area contributed by atoms with Crippen molar-refractivity contribution in [1.82, 2.24) is 24.5 Å². The van der Waals surface area contributed by atoms with Gasteiger partial charge in [0.25, 0.3) is 0 Å². The molecule has 8 nitrogen and oxygen atoms in total. The first kappa shape index (κ1) is 20.6. The van der Waals surface area contributed by atoms with Crippen LogP contribution in [-0.4, -0.2) is 51.6 Å². The van der Waals surface area contributed by atoms with Gasteiger partial charge < -0.3 is 14.8 Å². The minimum atomic E-state index is 0.529. The van der Waals surface area contributed by atoms with Crippen molar-refractivity contribution < 1.29 is 4.79 Å². The van der Waals surface area contributed by atoms with E-state index in [0.717, 1.165) is 54.9 Å². The highest BCUT2D eigenvalue weighted by Crippen LogP contribution is 2.36. The molecule has 0 aliphatic carbocycles. The molecule has 3 aromatic rings. The maximum Gasteiger partial charge on any atom is 0.145 e. The average Bonchev–Trinajstić information content (AvgIpc) is 3.18. The van der Waals surface area contributed by atoms with Gasteiger partial charge in [0.2, 0.25) is 0 Å². The summed E-state index contributed by atoms with van der Waals surface area (Å²) in [7, 11) is 1.99. The molecule has 1 N–H and O–H groups in total. The molecule has 0 amide bonds. The van der Waals surface area contributed by atoms with Crippen LogP contribution in [0, 0.1) is 19.3 Å². The SMILES string of the molecule is Cc1cn2nc(C(=C/C=O)/N=c3/ccc(N4CCC5(CC4)CNC5)cn3C)cc2c(C)n1. The topological polar surface area (TPSA) is 79.8 Å². The van der Waals surface area contributed by atoms with E-state index in [1.54, 1.807) is 4.52 Å². The van der Waals surface area contributed by atoms with Gasteiger partial charge in [-0.15, -0.1) is 0 Å². The molecule has 8 heteroatoms. The van der Waals surface area contributed by atoms with Crippen molar-refractivity contribution in [1.29, 1.82) is 0 Å². The monoisotopic (exact) mass is 431 g/mol. The molecule has 2 aliphatic rings. The van der Waals surface area contributed by atoms with Crippen molar-refractivity contribution in [3.8, 4) is 0 Å². The summed E-state index contributed by atoms with van der Waals surface area (Å²) >= 11 is 0. The summed E-state index contributed by atoms with van der Waals surface area (Å²) in [5.74, 6) is 0. The number of piperidine rings is 1. The Morgan fingerprint density at radius 3 is 2.62 bits per heavy atom. The Kier molecular flexibility index (Phi) is 5.17. The number of anilines is 1. The molecule has 0 saturated carbocycles. The van der Waals surface area contributed by atoms with E-state index in [9.17, 15) is 4.79 Å². The number of rotatable bonds is 4. The minimum absolute atomic E-state index is 0.529. The molecule has 0 radical (unpaired) electrons. The Bertz CT molecular complexity index is 1270. The molecular weight excluding hydrogens is 402 g/mol. The van der Waals surface area contributed by atoms with Crippen LogP contribution in [0.25, 0.3) is 11.2 Å². The zero-order chi connectivity index (χ0) is 22.3. The van der Waals surface area contributed by atoms with Crippen molar-refractivity contribution in [3.05, 3.63) is 59.2 Å². The van der Waals surface area contributed by atoms with Gasteiger partial charge in [0.15, 0.2) is 0 Å². The highest BCUT2D eigenvalue weighted by atomic mass is 16.1. The number of carbonyl (C=O) groups excluding carboxylic acids is 1. The van der Waals surface area contributed by atoms with Gasteiger partial charge in [0.1, 0.15) is 17.5 Å². The average molecular weight is 432 g/mol. The molecule has 2 aliphatic heterocycles. The van der Waals surface area contributed by atoms with Gasteiger partial charge in [-0.1, -0.05) is 0 Å². The molecule has 0 aromatic carbocycles. The summed E-state index contributed by atoms with van der Waals surface area (Å²) in [5.41, 5.74) is 6.37. The molecule has 0 unspecified atom stereocenters. The second kappa shape index (κ2) is 8.02. The van der Waals surface area contributed by atoms with Crippen LogP contribution in [0.5, 0.6) is 0 Å². The maximum atomic E-state index is 11.3. The zero-order valence-electron chi connectivity index (χ0n) is 18.9. The maximum absolute atomic E-state index is 11.3. The Morgan fingerprint density at radius 2 is 1.97 bits per heavy atom. The number of hydrogen-bond acceptors (Lipinski definition) is 6. The molecule has 1 spiro atoms. The van der Waals surface area contributed by atoms with Gasteiger partial charge in [-0.2, -0.15) is 5.10 Å². The van der Waals surface area contributed by atoms with Crippen LogP contribution in [0.1, 0.15) is 29.9 Å². The van der Waals surface area contributed by atoms with Crippen molar-refractivity contribution >= 4 is 23.2 Å². The summed E-state index contributed by atoms with van der Waals surface area (Å²) in [6.45, 7) is 8.39. The Morgan fingerprint density at radius 1 is 1.19 bits per heavy atom. The zero-order valence-corrected chi connectivity index (χ0v) is 18.9. The van der Waals surface area contributed by atoms with Gasteiger partial charge >= 0.3 is 0 Å². The van der Waals surface area contributed by atoms with E-state index in [2.05, 4.69) is 32.6 Å². The molecule has 5 heterocycles. The summed E-state index contributed by atoms with van der Waals surface area (Å²) in [5, 5.41) is 8.05. The van der Waals surface area contributed by atoms with Crippen LogP contribution in [0.3, 0.4) is 0 Å². The van der Waals surface area contributed by atoms with Crippen LogP contribution >= 0.6 is 0 Å². The largest absolute Gasteiger partial charge is 0.370 e. The Balaban J connectivity index is 1.44. The van der Waals surface area contributed by atoms with Gasteiger partial charge in [-0.25, -0.2) is 9.51 Å². The smallest absolute Gasteiger partial charge is 0.145 e. The highest BCUT2D eigenvalue weighted by molar-refractivity contribution is 5.81. The molecule has 0 bridgehead atoms. The third-order valence-electron chi connectivity index (χ3n) is 6.76. The van der Waals surface area contributed by atoms with E-state index in [1.165, 1.54) is 24.6 Å². The fourth-order valence-corrected chi connectivity index (χ4v) is 4.74. The normalized spacial score (nSPS) is 18.9. The molecule has 0 atom stereocenters. The van der Waals surface area contributed by atoms with E-state index >= 15 is 0 Å². The standard InChI is InChI=1S/C24H29N7O/c1-17-13-31-22(18(2)26-17)12-21(28-31)20(6-11-32)27-23-5-4-19(14-29(23)3)30-9-7-24(8-10-30)15-25-16-24/h4-6,11-14,25H,7-10,15-16H2,1-3H3/b20-6-,27-23-. The lowest BCUT2D eigenvalue weighted by Gasteiger charge is -2.48. The number of nitrogens with zero attached hydrogens (tertiary/aromatic N) is 6. The highest BCUT2D eigenvalue weighted by Gasteiger charge is 2.39. The van der Waals surface area contributed by atoms with E-state index in [4.69, 9.17) is 4.99 Å². The molecule has 166 valence electrons. The number of pyridine rings is 1. The fraction of sp³-hybridized carbons (Fsp3) is 0.417. The van der Waals surface area contributed by atoms with Crippen LogP contribution in [0.15, 0.2) is 41.7 Å². The lowest BCUT2D eigenvalue weighted by molar-refractivity contribution is -0.104. The second-order valence-corrected chi connectivity index (χ2v) is 9.07. The molecule has 3 aromatic heterocycles. The number of hydrogen-bond donors (Lipinski definition) is 1. The number of nitrogens with one attached hydrogen (secondary N) is 1. The molecular formula is C24H29N7O. The van der Waals surface area contributed by atoms with E-state index < -0.39 is 0 Å². The summed E-state index contributed by atoms with van der Waals surface area (Å²) < 4.78 is 3.81. The predicted molar refractivity (Wildman–Crippen MR) is 124 cm³/mol. The Hall–Kier alpha value is -3.26. The van der Waals surface area contributed by atoms with Crippen LogP contribution < -0.4 is 15.7 Å². The van der Waals surface area contributed by atoms with Crippen molar-refractivity contribution in [2.45, 2.75) is 26.7 Å². The first-order valence-corrected chi connectivity index (χ1v) is 11.1. The number of aldehydes is 1. The third-order valence-corrected chi connectivity index (χ3v) is 6.76. The summed E-state index contributed by atoms with van der Waals surface area (Å²) in [4.78, 5) is 23.1. The number of aryl methyl sites for hydroxylation is 3. The molecule has 2 fully saturated rings. The molecule has 32 heavy (non-hydrogen) atoms. The summed E-state index contributed by atoms with van der Waals surface area (Å²) in [6, 6.07) is 6.05. The van der Waals surface area contributed by atoms with Crippen molar-refractivity contribution in [2.24, 2.45) is 17.5 Å². The predicted octanol–water partition coefficient (Wildman–Crippen LogP) is 2.02. The summed E-state index contributed by atoms with van der Waals surface area (Å²) in [6.07, 6.45) is 8.69. The first-order chi connectivity index (χ1) is 15.5. The van der Waals surface area contributed by atoms with Gasteiger partial charge in [-0.05, 0) is 50.3 Å². The van der Waals surface area contributed by atoms with Gasteiger partial charge in [-0.3, -0.25) is 9.78 Å². The number of aromatic nitrogens is 4. The van der Waals surface area contributed by atoms with E-state index in [1.807, 2.05) is 43.8 Å². The number of carbonyl (C=O) groups is 1. The van der Waals surface area contributed by atoms with Crippen molar-refractivity contribution in [2.75, 3.05) is 31.1 Å². The lowest BCUT2D eigenvalue weighted by Crippen LogP contribution is -2.58. The van der Waals surface area contributed by atoms with Gasteiger partial charge in [0, 0.05) is 45.5 Å². The van der Waals surface area contributed by atoms with E-state index in [-0.39, 0.29) is 0 Å². The lowest BCUT2D eigenvalue weighted by atomic mass is 9.73. The fourth-order valence-electron chi connectivity index (χ4n) is 4.74. The third kappa shape index (κ3) is 3.75. The van der Waals surface area contributed by atoms with E-state index in [0.29, 0.717) is 16.8 Å². The molecule has 2 saturated heterocycles. The van der Waals surface area contributed by atoms with Crippen LogP contribution in [0.4, 0.5) is 5.69 Å². The van der Waals surface area contributed by atoms with Crippen molar-refractivity contribution in [3.63, 3.8) is 0 Å². The Labute approximate surface area is 187 Å².